The van der Waals surface area contributed by atoms with E-state index < -0.39 is 0 Å². The summed E-state index contributed by atoms with van der Waals surface area (Å²) in [5.74, 6) is 0.672. The Morgan fingerprint density at radius 1 is 1.71 bits per heavy atom. The van der Waals surface area contributed by atoms with E-state index in [1.807, 2.05) is 0 Å². The van der Waals surface area contributed by atoms with Gasteiger partial charge in [-0.2, -0.15) is 0 Å². The lowest BCUT2D eigenvalue weighted by Crippen LogP contribution is -2.49. The van der Waals surface area contributed by atoms with Crippen LogP contribution in [0.15, 0.2) is 4.99 Å². The summed E-state index contributed by atoms with van der Waals surface area (Å²) in [5.41, 5.74) is 0. The highest BCUT2D eigenvalue weighted by Gasteiger charge is 2.27. The van der Waals surface area contributed by atoms with Crippen molar-refractivity contribution in [3.05, 3.63) is 0 Å². The van der Waals surface area contributed by atoms with Gasteiger partial charge in [-0.3, -0.25) is 14.7 Å². The second-order valence-corrected chi connectivity index (χ2v) is 3.50. The zero-order valence-electron chi connectivity index (χ0n) is 8.32. The minimum Gasteiger partial charge on any atom is -0.368 e. The maximum Gasteiger partial charge on any atom is 0.247 e. The van der Waals surface area contributed by atoms with Crippen molar-refractivity contribution < 1.29 is 9.53 Å². The first-order valence-electron chi connectivity index (χ1n) is 4.97. The van der Waals surface area contributed by atoms with Gasteiger partial charge < -0.3 is 10.1 Å². The Balaban J connectivity index is 1.94. The smallest absolute Gasteiger partial charge is 0.247 e. The lowest BCUT2D eigenvalue weighted by atomic mass is 10.2. The molecule has 0 aromatic heterocycles. The largest absolute Gasteiger partial charge is 0.368 e. The predicted molar refractivity (Wildman–Crippen MR) is 52.3 cm³/mol. The number of ether oxygens (including phenoxy) is 1. The minimum atomic E-state index is -0.0462. The fourth-order valence-corrected chi connectivity index (χ4v) is 1.72. The van der Waals surface area contributed by atoms with Crippen LogP contribution >= 0.6 is 0 Å². The second-order valence-electron chi connectivity index (χ2n) is 3.50. The van der Waals surface area contributed by atoms with E-state index in [4.69, 9.17) is 4.74 Å². The molecule has 2 aliphatic heterocycles. The third kappa shape index (κ3) is 1.93. The Morgan fingerprint density at radius 2 is 2.57 bits per heavy atom. The number of amides is 1. The summed E-state index contributed by atoms with van der Waals surface area (Å²) in [6, 6.07) is 0. The zero-order valence-corrected chi connectivity index (χ0v) is 8.32. The van der Waals surface area contributed by atoms with E-state index in [1.165, 1.54) is 0 Å². The van der Waals surface area contributed by atoms with Gasteiger partial charge in [0.25, 0.3) is 0 Å². The molecule has 2 rings (SSSR count). The predicted octanol–water partition coefficient (Wildman–Crippen LogP) is -0.765. The summed E-state index contributed by atoms with van der Waals surface area (Å²) < 4.78 is 5.56. The minimum absolute atomic E-state index is 0.0304. The quantitative estimate of drug-likeness (QED) is 0.633. The molecule has 0 bridgehead atoms. The molecule has 78 valence electrons. The van der Waals surface area contributed by atoms with Crippen molar-refractivity contribution in [3.8, 4) is 0 Å². The van der Waals surface area contributed by atoms with E-state index in [1.54, 1.807) is 0 Å². The fourth-order valence-electron chi connectivity index (χ4n) is 1.72. The maximum atomic E-state index is 11.0. The van der Waals surface area contributed by atoms with Crippen LogP contribution in [0.5, 0.6) is 0 Å². The van der Waals surface area contributed by atoms with E-state index in [0.29, 0.717) is 12.4 Å². The maximum absolute atomic E-state index is 11.0. The summed E-state index contributed by atoms with van der Waals surface area (Å²) in [6.07, 6.45) is -0.0462. The van der Waals surface area contributed by atoms with Crippen molar-refractivity contribution >= 4 is 11.7 Å². The summed E-state index contributed by atoms with van der Waals surface area (Å²) in [6.45, 7) is 5.90. The van der Waals surface area contributed by atoms with Crippen molar-refractivity contribution in [2.45, 2.75) is 13.0 Å². The number of hydrogen-bond acceptors (Lipinski definition) is 4. The third-order valence-electron chi connectivity index (χ3n) is 2.56. The molecule has 2 aliphatic rings. The molecule has 1 saturated heterocycles. The molecule has 0 aromatic rings. The summed E-state index contributed by atoms with van der Waals surface area (Å²) in [7, 11) is 0. The van der Waals surface area contributed by atoms with Gasteiger partial charge in [-0.1, -0.05) is 6.92 Å². The van der Waals surface area contributed by atoms with Gasteiger partial charge in [0.05, 0.1) is 6.61 Å². The van der Waals surface area contributed by atoms with Gasteiger partial charge >= 0.3 is 0 Å². The van der Waals surface area contributed by atoms with Crippen molar-refractivity contribution in [1.82, 2.24) is 10.2 Å². The SMILES string of the molecule is CCN1CCOC(C2=NCC(=O)N2)C1. The molecule has 1 unspecified atom stereocenters. The van der Waals surface area contributed by atoms with Gasteiger partial charge in [0.1, 0.15) is 18.5 Å². The molecule has 0 radical (unpaired) electrons. The highest BCUT2D eigenvalue weighted by atomic mass is 16.5. The summed E-state index contributed by atoms with van der Waals surface area (Å²) in [5, 5.41) is 2.73. The van der Waals surface area contributed by atoms with Crippen LogP contribution in [0, 0.1) is 0 Å². The van der Waals surface area contributed by atoms with Gasteiger partial charge in [0.2, 0.25) is 5.91 Å². The molecule has 2 heterocycles. The molecule has 0 aromatic carbocycles. The highest BCUT2D eigenvalue weighted by Crippen LogP contribution is 2.07. The van der Waals surface area contributed by atoms with Crippen molar-refractivity contribution in [2.24, 2.45) is 4.99 Å². The van der Waals surface area contributed by atoms with E-state index >= 15 is 0 Å². The van der Waals surface area contributed by atoms with Crippen LogP contribution in [0.3, 0.4) is 0 Å². The van der Waals surface area contributed by atoms with Gasteiger partial charge in [-0.05, 0) is 6.54 Å². The average molecular weight is 197 g/mol. The topological polar surface area (TPSA) is 53.9 Å². The van der Waals surface area contributed by atoms with E-state index in [-0.39, 0.29) is 18.6 Å². The third-order valence-corrected chi connectivity index (χ3v) is 2.56. The first kappa shape index (κ1) is 9.61. The van der Waals surface area contributed by atoms with Gasteiger partial charge in [0.15, 0.2) is 0 Å². The van der Waals surface area contributed by atoms with Crippen LogP contribution in [0.4, 0.5) is 0 Å². The van der Waals surface area contributed by atoms with Crippen molar-refractivity contribution in [3.63, 3.8) is 0 Å². The molecule has 1 fully saturated rings. The number of hydrogen-bond donors (Lipinski definition) is 1. The molecule has 5 nitrogen and oxygen atoms in total. The number of carbonyl (C=O) groups is 1. The van der Waals surface area contributed by atoms with Gasteiger partial charge in [-0.15, -0.1) is 0 Å². The molecular formula is C9H15N3O2. The van der Waals surface area contributed by atoms with Gasteiger partial charge in [-0.25, -0.2) is 0 Å². The zero-order chi connectivity index (χ0) is 9.97. The number of nitrogens with one attached hydrogen (secondary N) is 1. The molecule has 0 saturated carbocycles. The molecule has 5 heteroatoms. The molecule has 14 heavy (non-hydrogen) atoms. The first-order chi connectivity index (χ1) is 6.79. The monoisotopic (exact) mass is 197 g/mol. The summed E-state index contributed by atoms with van der Waals surface area (Å²) in [4.78, 5) is 17.4. The van der Waals surface area contributed by atoms with E-state index in [2.05, 4.69) is 22.1 Å². The Labute approximate surface area is 83.1 Å². The second kappa shape index (κ2) is 4.06. The number of amidine groups is 1. The normalized spacial score (nSPS) is 28.8. The molecule has 0 spiro atoms. The van der Waals surface area contributed by atoms with Crippen LogP contribution in [-0.4, -0.2) is 55.5 Å². The average Bonchev–Trinajstić information content (AvgIpc) is 2.65. The van der Waals surface area contributed by atoms with Crippen molar-refractivity contribution in [1.29, 1.82) is 0 Å². The summed E-state index contributed by atoms with van der Waals surface area (Å²) >= 11 is 0. The van der Waals surface area contributed by atoms with Crippen LogP contribution in [0.25, 0.3) is 0 Å². The Kier molecular flexibility index (Phi) is 2.79. The van der Waals surface area contributed by atoms with Gasteiger partial charge in [0, 0.05) is 13.1 Å². The molecular weight excluding hydrogens is 182 g/mol. The lowest BCUT2D eigenvalue weighted by Gasteiger charge is -2.31. The Bertz CT molecular complexity index is 265. The van der Waals surface area contributed by atoms with Crippen molar-refractivity contribution in [2.75, 3.05) is 32.8 Å². The number of likely N-dealkylation sites (N-methyl/N-ethyl adjacent to an activating group) is 1. The molecule has 1 N–H and O–H groups in total. The first-order valence-corrected chi connectivity index (χ1v) is 4.97. The lowest BCUT2D eigenvalue weighted by molar-refractivity contribution is -0.117. The van der Waals surface area contributed by atoms with E-state index in [9.17, 15) is 4.79 Å². The molecule has 1 atom stereocenters. The highest BCUT2D eigenvalue weighted by molar-refractivity contribution is 6.06. The van der Waals surface area contributed by atoms with Crippen LogP contribution in [0.2, 0.25) is 0 Å². The Morgan fingerprint density at radius 3 is 3.21 bits per heavy atom. The van der Waals surface area contributed by atoms with Crippen LogP contribution < -0.4 is 5.32 Å². The standard InChI is InChI=1S/C9H15N3O2/c1-2-12-3-4-14-7(6-12)9-10-5-8(13)11-9/h7H,2-6H2,1H3,(H,10,11,13). The number of nitrogens with zero attached hydrogens (tertiary/aromatic N) is 2. The number of rotatable bonds is 2. The van der Waals surface area contributed by atoms with Crippen LogP contribution in [0.1, 0.15) is 6.92 Å². The number of aliphatic imine (C=N–C) groups is 1. The fraction of sp³-hybridized carbons (Fsp3) is 0.778. The van der Waals surface area contributed by atoms with E-state index in [0.717, 1.165) is 19.6 Å². The van der Waals surface area contributed by atoms with Crippen LogP contribution in [-0.2, 0) is 9.53 Å². The number of carbonyl (C=O) groups excluding carboxylic acids is 1. The Hall–Kier alpha value is -0.940. The molecule has 0 aliphatic carbocycles. The molecule has 1 amide bonds. The number of morpholine rings is 1.